The van der Waals surface area contributed by atoms with Crippen molar-refractivity contribution in [3.63, 3.8) is 0 Å². The van der Waals surface area contributed by atoms with E-state index in [1.165, 1.54) is 0 Å². The van der Waals surface area contributed by atoms with E-state index in [1.807, 2.05) is 4.72 Å². The number of hydrogen-bond acceptors (Lipinski definition) is 6. The van der Waals surface area contributed by atoms with Crippen molar-refractivity contribution in [1.29, 1.82) is 0 Å². The van der Waals surface area contributed by atoms with E-state index in [0.29, 0.717) is 0 Å². The number of esters is 1. The zero-order chi connectivity index (χ0) is 13.5. The number of carbonyl (C=O) groups is 2. The number of hydrogen-bond donors (Lipinski definition) is 3. The SMILES string of the molecule is COC(=O)CCS(=O)(=O)N[C@@H](CCO)C(=O)O. The van der Waals surface area contributed by atoms with E-state index < -0.39 is 40.4 Å². The number of sulfonamides is 1. The summed E-state index contributed by atoms with van der Waals surface area (Å²) in [4.78, 5) is 21.4. The highest BCUT2D eigenvalue weighted by molar-refractivity contribution is 7.89. The monoisotopic (exact) mass is 269 g/mol. The number of ether oxygens (including phenoxy) is 1. The highest BCUT2D eigenvalue weighted by Crippen LogP contribution is 1.98. The lowest BCUT2D eigenvalue weighted by atomic mass is 10.2. The van der Waals surface area contributed by atoms with Gasteiger partial charge in [-0.25, -0.2) is 13.1 Å². The molecule has 0 aliphatic carbocycles. The molecule has 9 heteroatoms. The van der Waals surface area contributed by atoms with Crippen LogP contribution in [-0.2, 0) is 24.3 Å². The normalized spacial score (nSPS) is 13.1. The standard InChI is InChI=1S/C8H15NO7S/c1-16-7(11)3-5-17(14,15)9-6(2-4-10)8(12)13/h6,9-10H,2-5H2,1H3,(H,12,13)/t6-/m0/s1. The van der Waals surface area contributed by atoms with Crippen LogP contribution in [0.25, 0.3) is 0 Å². The average Bonchev–Trinajstić information content (AvgIpc) is 2.25. The Kier molecular flexibility index (Phi) is 6.69. The minimum absolute atomic E-state index is 0.243. The van der Waals surface area contributed by atoms with Crippen LogP contribution < -0.4 is 4.72 Å². The number of aliphatic hydroxyl groups is 1. The third-order valence-corrected chi connectivity index (χ3v) is 3.23. The van der Waals surface area contributed by atoms with Gasteiger partial charge in [0.05, 0.1) is 19.3 Å². The quantitative estimate of drug-likeness (QED) is 0.448. The molecule has 0 aromatic heterocycles. The maximum Gasteiger partial charge on any atom is 0.321 e. The van der Waals surface area contributed by atoms with Gasteiger partial charge < -0.3 is 14.9 Å². The molecule has 0 heterocycles. The molecular weight excluding hydrogens is 254 g/mol. The molecule has 0 fully saturated rings. The molecule has 0 unspecified atom stereocenters. The fourth-order valence-corrected chi connectivity index (χ4v) is 2.16. The van der Waals surface area contributed by atoms with Crippen LogP contribution in [0, 0.1) is 0 Å². The van der Waals surface area contributed by atoms with Crippen molar-refractivity contribution in [2.45, 2.75) is 18.9 Å². The van der Waals surface area contributed by atoms with Crippen LogP contribution >= 0.6 is 0 Å². The van der Waals surface area contributed by atoms with Crippen molar-refractivity contribution in [2.24, 2.45) is 0 Å². The molecule has 1 atom stereocenters. The molecule has 0 radical (unpaired) electrons. The van der Waals surface area contributed by atoms with Crippen molar-refractivity contribution >= 4 is 22.0 Å². The molecule has 0 saturated heterocycles. The van der Waals surface area contributed by atoms with Gasteiger partial charge in [0.2, 0.25) is 10.0 Å². The van der Waals surface area contributed by atoms with E-state index in [0.717, 1.165) is 7.11 Å². The van der Waals surface area contributed by atoms with Crippen LogP contribution in [0.15, 0.2) is 0 Å². The van der Waals surface area contributed by atoms with Crippen LogP contribution in [0.3, 0.4) is 0 Å². The Morgan fingerprint density at radius 1 is 1.41 bits per heavy atom. The lowest BCUT2D eigenvalue weighted by Crippen LogP contribution is -2.42. The smallest absolute Gasteiger partial charge is 0.321 e. The first-order chi connectivity index (χ1) is 7.82. The van der Waals surface area contributed by atoms with Crippen LogP contribution in [0.1, 0.15) is 12.8 Å². The van der Waals surface area contributed by atoms with E-state index >= 15 is 0 Å². The molecule has 0 saturated carbocycles. The molecular formula is C8H15NO7S. The number of nitrogens with one attached hydrogen (secondary N) is 1. The molecule has 0 aromatic carbocycles. The first-order valence-electron chi connectivity index (χ1n) is 4.73. The Hall–Kier alpha value is -1.19. The van der Waals surface area contributed by atoms with Gasteiger partial charge in [0.25, 0.3) is 0 Å². The maximum atomic E-state index is 11.4. The maximum absolute atomic E-state index is 11.4. The van der Waals surface area contributed by atoms with Crippen molar-refractivity contribution < 1.29 is 33.0 Å². The summed E-state index contributed by atoms with van der Waals surface area (Å²) in [6.45, 7) is -0.462. The summed E-state index contributed by atoms with van der Waals surface area (Å²) < 4.78 is 28.9. The van der Waals surface area contributed by atoms with Gasteiger partial charge in [-0.3, -0.25) is 9.59 Å². The molecule has 17 heavy (non-hydrogen) atoms. The summed E-state index contributed by atoms with van der Waals surface area (Å²) in [7, 11) is -2.78. The molecule has 0 spiro atoms. The third kappa shape index (κ3) is 6.87. The number of rotatable bonds is 8. The van der Waals surface area contributed by atoms with Crippen LogP contribution in [0.2, 0.25) is 0 Å². The molecule has 0 amide bonds. The topological polar surface area (TPSA) is 130 Å². The molecule has 8 nitrogen and oxygen atoms in total. The lowest BCUT2D eigenvalue weighted by Gasteiger charge is -2.13. The van der Waals surface area contributed by atoms with Crippen molar-refractivity contribution in [1.82, 2.24) is 4.72 Å². The molecule has 0 aromatic rings. The molecule has 0 aliphatic rings. The van der Waals surface area contributed by atoms with Gasteiger partial charge >= 0.3 is 11.9 Å². The van der Waals surface area contributed by atoms with Gasteiger partial charge in [-0.2, -0.15) is 0 Å². The average molecular weight is 269 g/mol. The Bertz CT molecular complexity index is 364. The summed E-state index contributed by atoms with van der Waals surface area (Å²) in [5.41, 5.74) is 0. The van der Waals surface area contributed by atoms with Crippen molar-refractivity contribution in [2.75, 3.05) is 19.5 Å². The highest BCUT2D eigenvalue weighted by Gasteiger charge is 2.23. The summed E-state index contributed by atoms with van der Waals surface area (Å²) >= 11 is 0. The van der Waals surface area contributed by atoms with Crippen LogP contribution in [0.5, 0.6) is 0 Å². The second-order valence-corrected chi connectivity index (χ2v) is 5.04. The van der Waals surface area contributed by atoms with Crippen LogP contribution in [-0.4, -0.2) is 56.1 Å². The number of carbonyl (C=O) groups excluding carboxylic acids is 1. The number of aliphatic carboxylic acids is 1. The number of carboxylic acid groups (broad SMARTS) is 1. The Labute approximate surface area is 98.6 Å². The number of carboxylic acids is 1. The summed E-state index contributed by atoms with van der Waals surface area (Å²) in [6, 6.07) is -1.40. The summed E-state index contributed by atoms with van der Waals surface area (Å²) in [6.07, 6.45) is -0.607. The number of methoxy groups -OCH3 is 1. The van der Waals surface area contributed by atoms with Gasteiger partial charge in [0.1, 0.15) is 6.04 Å². The molecule has 0 rings (SSSR count). The fourth-order valence-electron chi connectivity index (χ4n) is 0.957. The summed E-state index contributed by atoms with van der Waals surface area (Å²) in [5.74, 6) is -2.65. The largest absolute Gasteiger partial charge is 0.480 e. The molecule has 0 aliphatic heterocycles. The minimum Gasteiger partial charge on any atom is -0.480 e. The Morgan fingerprint density at radius 2 is 2.00 bits per heavy atom. The van der Waals surface area contributed by atoms with E-state index in [-0.39, 0.29) is 12.8 Å². The molecule has 0 bridgehead atoms. The van der Waals surface area contributed by atoms with E-state index in [1.54, 1.807) is 0 Å². The lowest BCUT2D eigenvalue weighted by molar-refractivity contribution is -0.140. The predicted molar refractivity (Wildman–Crippen MR) is 56.7 cm³/mol. The van der Waals surface area contributed by atoms with Crippen molar-refractivity contribution in [3.8, 4) is 0 Å². The Balaban J connectivity index is 4.40. The second-order valence-electron chi connectivity index (χ2n) is 3.17. The number of aliphatic hydroxyl groups excluding tert-OH is 1. The minimum atomic E-state index is -3.90. The van der Waals surface area contributed by atoms with E-state index in [9.17, 15) is 18.0 Å². The highest BCUT2D eigenvalue weighted by atomic mass is 32.2. The summed E-state index contributed by atoms with van der Waals surface area (Å²) in [5, 5.41) is 17.2. The van der Waals surface area contributed by atoms with E-state index in [4.69, 9.17) is 10.2 Å². The third-order valence-electron chi connectivity index (χ3n) is 1.84. The zero-order valence-electron chi connectivity index (χ0n) is 9.25. The van der Waals surface area contributed by atoms with Gasteiger partial charge in [-0.05, 0) is 6.42 Å². The van der Waals surface area contributed by atoms with E-state index in [2.05, 4.69) is 4.74 Å². The van der Waals surface area contributed by atoms with Gasteiger partial charge in [-0.1, -0.05) is 0 Å². The van der Waals surface area contributed by atoms with Crippen molar-refractivity contribution in [3.05, 3.63) is 0 Å². The predicted octanol–water partition coefficient (Wildman–Crippen LogP) is -1.70. The second kappa shape index (κ2) is 7.20. The van der Waals surface area contributed by atoms with Gasteiger partial charge in [0, 0.05) is 6.61 Å². The van der Waals surface area contributed by atoms with Crippen LogP contribution in [0.4, 0.5) is 0 Å². The first kappa shape index (κ1) is 15.8. The van der Waals surface area contributed by atoms with Gasteiger partial charge in [0.15, 0.2) is 0 Å². The molecule has 3 N–H and O–H groups in total. The van der Waals surface area contributed by atoms with Gasteiger partial charge in [-0.15, -0.1) is 0 Å². The first-order valence-corrected chi connectivity index (χ1v) is 6.38. The fraction of sp³-hybridized carbons (Fsp3) is 0.750. The molecule has 100 valence electrons. The zero-order valence-corrected chi connectivity index (χ0v) is 10.1. The Morgan fingerprint density at radius 3 is 2.41 bits per heavy atom.